The van der Waals surface area contributed by atoms with Crippen molar-refractivity contribution in [2.24, 2.45) is 0 Å². The zero-order chi connectivity index (χ0) is 14.5. The Kier molecular flexibility index (Phi) is 11.4. The second-order valence-corrected chi connectivity index (χ2v) is 4.75. The molecule has 19 heavy (non-hydrogen) atoms. The Hall–Kier alpha value is -1.04. The molecule has 0 rings (SSSR count). The number of rotatable bonds is 11. The number of hydrogen-bond acceptors (Lipinski definition) is 5. The zero-order valence-corrected chi connectivity index (χ0v) is 12.3. The number of unbranched alkanes of at least 4 members (excludes halogenated alkanes) is 1. The predicted molar refractivity (Wildman–Crippen MR) is 76.2 cm³/mol. The van der Waals surface area contributed by atoms with Gasteiger partial charge >= 0.3 is 5.97 Å². The number of Topliss-reactive ketones (excluding diaryl/α,β-unsaturated/α-hetero) is 1. The van der Waals surface area contributed by atoms with Crippen LogP contribution in [0.1, 0.15) is 45.4 Å². The average molecular weight is 289 g/mol. The van der Waals surface area contributed by atoms with Crippen molar-refractivity contribution in [1.82, 2.24) is 5.32 Å². The van der Waals surface area contributed by atoms with E-state index in [0.29, 0.717) is 51.0 Å². The summed E-state index contributed by atoms with van der Waals surface area (Å²) < 4.78 is 5.00. The van der Waals surface area contributed by atoms with Crippen LogP contribution in [-0.2, 0) is 19.1 Å². The maximum Gasteiger partial charge on any atom is 0.305 e. The molecule has 1 amide bonds. The summed E-state index contributed by atoms with van der Waals surface area (Å²) in [5.74, 6) is 0.391. The van der Waals surface area contributed by atoms with Crippen molar-refractivity contribution >= 4 is 30.3 Å². The molecule has 0 aliphatic carbocycles. The highest BCUT2D eigenvalue weighted by Crippen LogP contribution is 2.02. The van der Waals surface area contributed by atoms with E-state index in [0.717, 1.165) is 6.42 Å². The lowest BCUT2D eigenvalue weighted by Crippen LogP contribution is -2.25. The molecule has 0 atom stereocenters. The Balaban J connectivity index is 3.34. The van der Waals surface area contributed by atoms with Gasteiger partial charge in [-0.3, -0.25) is 9.59 Å². The van der Waals surface area contributed by atoms with E-state index in [2.05, 4.69) is 17.9 Å². The van der Waals surface area contributed by atoms with Gasteiger partial charge in [0.05, 0.1) is 6.61 Å². The van der Waals surface area contributed by atoms with E-state index in [-0.39, 0.29) is 17.7 Å². The zero-order valence-electron chi connectivity index (χ0n) is 11.4. The number of hydrogen-bond donors (Lipinski definition) is 2. The highest BCUT2D eigenvalue weighted by Gasteiger charge is 2.03. The van der Waals surface area contributed by atoms with E-state index in [1.165, 1.54) is 0 Å². The minimum absolute atomic E-state index is 0.0365. The largest absolute Gasteiger partial charge is 0.466 e. The number of esters is 1. The minimum Gasteiger partial charge on any atom is -0.466 e. The monoisotopic (exact) mass is 289 g/mol. The normalized spacial score (nSPS) is 10.0. The van der Waals surface area contributed by atoms with Crippen molar-refractivity contribution in [3.8, 4) is 0 Å². The number of ether oxygens (including phenoxy) is 1. The summed E-state index contributed by atoms with van der Waals surface area (Å²) in [6.07, 6.45) is 3.28. The van der Waals surface area contributed by atoms with Gasteiger partial charge in [-0.2, -0.15) is 12.6 Å². The van der Waals surface area contributed by atoms with Gasteiger partial charge in [-0.25, -0.2) is 0 Å². The Labute approximate surface area is 119 Å². The van der Waals surface area contributed by atoms with Crippen LogP contribution in [0.15, 0.2) is 0 Å². The molecule has 6 heteroatoms. The Bertz CT molecular complexity index is 294. The molecule has 0 radical (unpaired) electrons. The molecule has 0 aromatic rings. The van der Waals surface area contributed by atoms with Crippen LogP contribution in [0, 0.1) is 0 Å². The molecule has 0 heterocycles. The third-order valence-corrected chi connectivity index (χ3v) is 2.63. The number of ketones is 1. The van der Waals surface area contributed by atoms with Crippen LogP contribution in [0.5, 0.6) is 0 Å². The van der Waals surface area contributed by atoms with Gasteiger partial charge in [-0.05, 0) is 31.9 Å². The van der Waals surface area contributed by atoms with Crippen molar-refractivity contribution in [2.75, 3.05) is 18.9 Å². The highest BCUT2D eigenvalue weighted by atomic mass is 32.1. The van der Waals surface area contributed by atoms with E-state index < -0.39 is 0 Å². The van der Waals surface area contributed by atoms with E-state index in [1.807, 2.05) is 0 Å². The molecule has 110 valence electrons. The number of thiol groups is 1. The molecule has 0 fully saturated rings. The van der Waals surface area contributed by atoms with E-state index in [1.54, 1.807) is 6.92 Å². The predicted octanol–water partition coefficient (Wildman–Crippen LogP) is 1.51. The fourth-order valence-corrected chi connectivity index (χ4v) is 1.59. The third-order valence-electron chi connectivity index (χ3n) is 2.40. The van der Waals surface area contributed by atoms with Crippen LogP contribution < -0.4 is 5.32 Å². The van der Waals surface area contributed by atoms with E-state index >= 15 is 0 Å². The smallest absolute Gasteiger partial charge is 0.305 e. The van der Waals surface area contributed by atoms with Crippen LogP contribution in [0.3, 0.4) is 0 Å². The number of amides is 1. The van der Waals surface area contributed by atoms with Gasteiger partial charge in [0.25, 0.3) is 0 Å². The van der Waals surface area contributed by atoms with Gasteiger partial charge in [0, 0.05) is 25.8 Å². The van der Waals surface area contributed by atoms with Crippen molar-refractivity contribution in [3.63, 3.8) is 0 Å². The van der Waals surface area contributed by atoms with E-state index in [9.17, 15) is 14.4 Å². The molecule has 0 saturated carbocycles. The number of carbonyl (C=O) groups excluding carboxylic acids is 3. The summed E-state index contributed by atoms with van der Waals surface area (Å²) in [5, 5.41) is 2.71. The summed E-state index contributed by atoms with van der Waals surface area (Å²) in [6, 6.07) is 0. The molecule has 5 nitrogen and oxygen atoms in total. The maximum absolute atomic E-state index is 11.3. The van der Waals surface area contributed by atoms with Crippen molar-refractivity contribution < 1.29 is 19.1 Å². The molecule has 0 unspecified atom stereocenters. The molecular weight excluding hydrogens is 266 g/mol. The van der Waals surface area contributed by atoms with Crippen molar-refractivity contribution in [1.29, 1.82) is 0 Å². The fraction of sp³-hybridized carbons (Fsp3) is 0.769. The van der Waals surface area contributed by atoms with Crippen LogP contribution in [0.2, 0.25) is 0 Å². The van der Waals surface area contributed by atoms with Crippen molar-refractivity contribution in [3.05, 3.63) is 0 Å². The van der Waals surface area contributed by atoms with Crippen LogP contribution in [0.25, 0.3) is 0 Å². The average Bonchev–Trinajstić information content (AvgIpc) is 2.34. The molecule has 0 aromatic heterocycles. The van der Waals surface area contributed by atoms with Gasteiger partial charge in [0.2, 0.25) is 5.91 Å². The first-order chi connectivity index (χ1) is 9.06. The molecule has 0 aliphatic rings. The lowest BCUT2D eigenvalue weighted by atomic mass is 10.1. The fourth-order valence-electron chi connectivity index (χ4n) is 1.39. The van der Waals surface area contributed by atoms with Gasteiger partial charge in [-0.15, -0.1) is 0 Å². The highest BCUT2D eigenvalue weighted by molar-refractivity contribution is 7.80. The Morgan fingerprint density at radius 1 is 1.05 bits per heavy atom. The number of carbonyl (C=O) groups is 3. The van der Waals surface area contributed by atoms with Gasteiger partial charge in [0.15, 0.2) is 0 Å². The Morgan fingerprint density at radius 3 is 2.37 bits per heavy atom. The first-order valence-electron chi connectivity index (χ1n) is 6.59. The standard InChI is InChI=1S/C13H23NO4S/c1-11(15)5-2-3-6-13(17)18-9-4-8-14-12(16)7-10-19/h19H,2-10H2,1H3,(H,14,16). The minimum atomic E-state index is -0.245. The lowest BCUT2D eigenvalue weighted by molar-refractivity contribution is -0.143. The van der Waals surface area contributed by atoms with Gasteiger partial charge in [-0.1, -0.05) is 0 Å². The quantitative estimate of drug-likeness (QED) is 0.343. The SMILES string of the molecule is CC(=O)CCCCC(=O)OCCCNC(=O)CCS. The topological polar surface area (TPSA) is 72.5 Å². The Morgan fingerprint density at radius 2 is 1.74 bits per heavy atom. The molecule has 0 saturated heterocycles. The van der Waals surface area contributed by atoms with Gasteiger partial charge in [0.1, 0.15) is 5.78 Å². The molecule has 1 N–H and O–H groups in total. The van der Waals surface area contributed by atoms with Crippen LogP contribution in [0.4, 0.5) is 0 Å². The maximum atomic E-state index is 11.3. The molecule has 0 aliphatic heterocycles. The van der Waals surface area contributed by atoms with E-state index in [4.69, 9.17) is 4.74 Å². The van der Waals surface area contributed by atoms with Crippen LogP contribution in [-0.4, -0.2) is 36.6 Å². The summed E-state index contributed by atoms with van der Waals surface area (Å²) in [7, 11) is 0. The third kappa shape index (κ3) is 13.2. The molecular formula is C13H23NO4S. The first kappa shape index (κ1) is 18.0. The molecule has 0 spiro atoms. The van der Waals surface area contributed by atoms with Crippen molar-refractivity contribution in [2.45, 2.75) is 45.4 Å². The summed E-state index contributed by atoms with van der Waals surface area (Å²) in [6.45, 7) is 2.36. The molecule has 0 bridgehead atoms. The molecule has 0 aromatic carbocycles. The number of nitrogens with one attached hydrogen (secondary N) is 1. The lowest BCUT2D eigenvalue weighted by Gasteiger charge is -2.06. The summed E-state index contributed by atoms with van der Waals surface area (Å²) in [4.78, 5) is 33.0. The summed E-state index contributed by atoms with van der Waals surface area (Å²) in [5.41, 5.74) is 0. The van der Waals surface area contributed by atoms with Gasteiger partial charge < -0.3 is 14.8 Å². The van der Waals surface area contributed by atoms with Crippen LogP contribution >= 0.6 is 12.6 Å². The second-order valence-electron chi connectivity index (χ2n) is 4.31. The summed E-state index contributed by atoms with van der Waals surface area (Å²) >= 11 is 3.95. The second kappa shape index (κ2) is 12.0. The first-order valence-corrected chi connectivity index (χ1v) is 7.22.